The summed E-state index contributed by atoms with van der Waals surface area (Å²) in [5, 5.41) is 11.2. The van der Waals surface area contributed by atoms with Crippen molar-refractivity contribution in [2.45, 2.75) is 19.4 Å². The minimum absolute atomic E-state index is 0.794. The maximum Gasteiger partial charge on any atom is 0.0762 e. The highest BCUT2D eigenvalue weighted by atomic mass is 15.3. The van der Waals surface area contributed by atoms with Crippen molar-refractivity contribution in [1.29, 1.82) is 0 Å². The topological polar surface area (TPSA) is 41.9 Å². The molecule has 2 heterocycles. The van der Waals surface area contributed by atoms with Crippen molar-refractivity contribution >= 4 is 0 Å². The lowest BCUT2D eigenvalue weighted by Crippen LogP contribution is -2.35. The summed E-state index contributed by atoms with van der Waals surface area (Å²) in [4.78, 5) is 0. The molecule has 0 aliphatic carbocycles. The lowest BCUT2D eigenvalue weighted by Gasteiger charge is -2.22. The van der Waals surface area contributed by atoms with Crippen molar-refractivity contribution in [2.75, 3.05) is 19.6 Å². The van der Waals surface area contributed by atoms with E-state index in [-0.39, 0.29) is 0 Å². The molecule has 2 rings (SSSR count). The first kappa shape index (κ1) is 10.6. The van der Waals surface area contributed by atoms with Crippen LogP contribution in [-0.2, 0) is 13.6 Å². The van der Waals surface area contributed by atoms with Gasteiger partial charge in [0.1, 0.15) is 0 Å². The van der Waals surface area contributed by atoms with E-state index in [9.17, 15) is 0 Å². The molecule has 4 nitrogen and oxygen atoms in total. The number of aryl methyl sites for hydroxylation is 1. The molecule has 0 spiro atoms. The van der Waals surface area contributed by atoms with Crippen LogP contribution in [0.1, 0.15) is 18.5 Å². The van der Waals surface area contributed by atoms with Crippen LogP contribution in [0.4, 0.5) is 0 Å². The third kappa shape index (κ3) is 3.32. The van der Waals surface area contributed by atoms with Crippen molar-refractivity contribution in [2.24, 2.45) is 13.0 Å². The van der Waals surface area contributed by atoms with Crippen molar-refractivity contribution in [3.63, 3.8) is 0 Å². The predicted octanol–water partition coefficient (Wildman–Crippen LogP) is 0.509. The molecular formula is C11H20N4. The Morgan fingerprint density at radius 2 is 2.60 bits per heavy atom. The van der Waals surface area contributed by atoms with E-state index < -0.39 is 0 Å². The Balaban J connectivity index is 1.65. The predicted molar refractivity (Wildman–Crippen MR) is 60.5 cm³/mol. The molecule has 1 aromatic rings. The molecule has 2 N–H and O–H groups in total. The third-order valence-electron chi connectivity index (χ3n) is 2.91. The van der Waals surface area contributed by atoms with Crippen LogP contribution >= 0.6 is 0 Å². The zero-order valence-electron chi connectivity index (χ0n) is 9.37. The molecule has 0 aromatic carbocycles. The smallest absolute Gasteiger partial charge is 0.0762 e. The van der Waals surface area contributed by atoms with E-state index in [0.717, 1.165) is 31.2 Å². The van der Waals surface area contributed by atoms with Gasteiger partial charge in [-0.25, -0.2) is 0 Å². The van der Waals surface area contributed by atoms with Gasteiger partial charge in [0.15, 0.2) is 0 Å². The zero-order chi connectivity index (χ0) is 10.5. The fourth-order valence-electron chi connectivity index (χ4n) is 2.06. The number of nitrogens with one attached hydrogen (secondary N) is 2. The Morgan fingerprint density at radius 1 is 1.67 bits per heavy atom. The molecule has 0 saturated carbocycles. The Morgan fingerprint density at radius 3 is 3.27 bits per heavy atom. The lowest BCUT2D eigenvalue weighted by molar-refractivity contribution is 0.359. The highest BCUT2D eigenvalue weighted by Crippen LogP contribution is 2.08. The fraction of sp³-hybridized carbons (Fsp3) is 0.727. The second-order valence-corrected chi connectivity index (χ2v) is 4.32. The van der Waals surface area contributed by atoms with Crippen LogP contribution in [0.5, 0.6) is 0 Å². The maximum absolute atomic E-state index is 4.33. The standard InChI is InChI=1S/C11H20N4/c1-15-6-4-11(14-15)9-13-8-10-3-2-5-12-7-10/h4,6,10,12-13H,2-3,5,7-9H2,1H3. The van der Waals surface area contributed by atoms with Crippen LogP contribution in [0.15, 0.2) is 12.3 Å². The number of hydrogen-bond donors (Lipinski definition) is 2. The monoisotopic (exact) mass is 208 g/mol. The molecule has 1 aliphatic rings. The summed E-state index contributed by atoms with van der Waals surface area (Å²) >= 11 is 0. The molecule has 4 heteroatoms. The van der Waals surface area contributed by atoms with Crippen LogP contribution in [-0.4, -0.2) is 29.4 Å². The molecule has 1 fully saturated rings. The molecule has 1 aliphatic heterocycles. The molecule has 0 amide bonds. The number of hydrogen-bond acceptors (Lipinski definition) is 3. The Kier molecular flexibility index (Phi) is 3.75. The molecule has 1 aromatic heterocycles. The molecule has 84 valence electrons. The van der Waals surface area contributed by atoms with Gasteiger partial charge in [0, 0.05) is 19.8 Å². The number of nitrogens with zero attached hydrogens (tertiary/aromatic N) is 2. The first-order valence-corrected chi connectivity index (χ1v) is 5.74. The average Bonchev–Trinajstić information content (AvgIpc) is 2.66. The van der Waals surface area contributed by atoms with Crippen molar-refractivity contribution in [3.8, 4) is 0 Å². The van der Waals surface area contributed by atoms with Crippen molar-refractivity contribution < 1.29 is 0 Å². The second kappa shape index (κ2) is 5.28. The van der Waals surface area contributed by atoms with Gasteiger partial charge in [-0.3, -0.25) is 4.68 Å². The second-order valence-electron chi connectivity index (χ2n) is 4.32. The summed E-state index contributed by atoms with van der Waals surface area (Å²) in [6.07, 6.45) is 4.65. The van der Waals surface area contributed by atoms with Crippen molar-refractivity contribution in [3.05, 3.63) is 18.0 Å². The van der Waals surface area contributed by atoms with E-state index in [4.69, 9.17) is 0 Å². The van der Waals surface area contributed by atoms with Crippen LogP contribution in [0.2, 0.25) is 0 Å². The molecule has 1 unspecified atom stereocenters. The first-order valence-electron chi connectivity index (χ1n) is 5.74. The summed E-state index contributed by atoms with van der Waals surface area (Å²) in [5.41, 5.74) is 1.13. The number of aromatic nitrogens is 2. The van der Waals surface area contributed by atoms with Gasteiger partial charge in [0.05, 0.1) is 5.69 Å². The number of piperidine rings is 1. The highest BCUT2D eigenvalue weighted by molar-refractivity contribution is 4.97. The van der Waals surface area contributed by atoms with Gasteiger partial charge in [-0.1, -0.05) is 0 Å². The highest BCUT2D eigenvalue weighted by Gasteiger charge is 2.11. The van der Waals surface area contributed by atoms with E-state index in [1.54, 1.807) is 0 Å². The summed E-state index contributed by atoms with van der Waals surface area (Å²) in [5.74, 6) is 0.794. The Hall–Kier alpha value is -0.870. The van der Waals surface area contributed by atoms with Gasteiger partial charge in [-0.05, 0) is 44.5 Å². The minimum atomic E-state index is 0.794. The zero-order valence-corrected chi connectivity index (χ0v) is 9.37. The third-order valence-corrected chi connectivity index (χ3v) is 2.91. The van der Waals surface area contributed by atoms with Crippen LogP contribution < -0.4 is 10.6 Å². The van der Waals surface area contributed by atoms with E-state index in [0.29, 0.717) is 0 Å². The largest absolute Gasteiger partial charge is 0.316 e. The van der Waals surface area contributed by atoms with Gasteiger partial charge in [0.25, 0.3) is 0 Å². The molecule has 15 heavy (non-hydrogen) atoms. The van der Waals surface area contributed by atoms with Gasteiger partial charge in [0.2, 0.25) is 0 Å². The molecule has 0 radical (unpaired) electrons. The molecule has 1 atom stereocenters. The Labute approximate surface area is 91.1 Å². The van der Waals surface area contributed by atoms with Gasteiger partial charge < -0.3 is 10.6 Å². The molecule has 0 bridgehead atoms. The quantitative estimate of drug-likeness (QED) is 0.757. The van der Waals surface area contributed by atoms with Gasteiger partial charge in [-0.15, -0.1) is 0 Å². The van der Waals surface area contributed by atoms with E-state index in [1.807, 2.05) is 17.9 Å². The summed E-state index contributed by atoms with van der Waals surface area (Å²) in [6, 6.07) is 2.06. The van der Waals surface area contributed by atoms with E-state index in [1.165, 1.54) is 19.4 Å². The van der Waals surface area contributed by atoms with Crippen LogP contribution in [0.25, 0.3) is 0 Å². The van der Waals surface area contributed by atoms with Gasteiger partial charge in [-0.2, -0.15) is 5.10 Å². The SMILES string of the molecule is Cn1ccc(CNCC2CCCNC2)n1. The normalized spacial score (nSPS) is 21.8. The van der Waals surface area contributed by atoms with Crippen LogP contribution in [0.3, 0.4) is 0 Å². The molecular weight excluding hydrogens is 188 g/mol. The lowest BCUT2D eigenvalue weighted by atomic mass is 10.00. The summed E-state index contributed by atoms with van der Waals surface area (Å²) in [7, 11) is 1.95. The van der Waals surface area contributed by atoms with Crippen molar-refractivity contribution in [1.82, 2.24) is 20.4 Å². The summed E-state index contributed by atoms with van der Waals surface area (Å²) in [6.45, 7) is 4.34. The summed E-state index contributed by atoms with van der Waals surface area (Å²) < 4.78 is 1.85. The average molecular weight is 208 g/mol. The van der Waals surface area contributed by atoms with Crippen LogP contribution in [0, 0.1) is 5.92 Å². The number of rotatable bonds is 4. The maximum atomic E-state index is 4.33. The first-order chi connectivity index (χ1) is 7.34. The fourth-order valence-corrected chi connectivity index (χ4v) is 2.06. The van der Waals surface area contributed by atoms with E-state index in [2.05, 4.69) is 21.8 Å². The van der Waals surface area contributed by atoms with Gasteiger partial charge >= 0.3 is 0 Å². The van der Waals surface area contributed by atoms with E-state index >= 15 is 0 Å². The molecule has 1 saturated heterocycles. The Bertz CT molecular complexity index is 289. The minimum Gasteiger partial charge on any atom is -0.316 e.